The molecule has 1 N–H and O–H groups in total. The van der Waals surface area contributed by atoms with Crippen LogP contribution in [-0.2, 0) is 140 Å². The molecule has 6 aliphatic heterocycles. The molecule has 0 spiro atoms. The number of carbonyl (C=O) groups excluding carboxylic acids is 9. The van der Waals surface area contributed by atoms with Crippen LogP contribution in [0.4, 0.5) is 13.6 Å². The number of hydrogen-bond donors (Lipinski definition) is 1. The third-order valence-corrected chi connectivity index (χ3v) is 31.3. The standard InChI is InChI=1S/C38H48N5O6.C36H46F2N3O6.C36H44N5O6.3V/c1-5-27-32(22-44)43-21-34(27)49-36-30(41-29-15-14-26(18-31(29)42-36)47-23-25-20-39-16-17-40-25)12-8-6-7-10-24-11-9-13-33(24)48-35(45)19-28(37(43)46)38(2,3)4;1-6-24-28(19-42)41-18-29(24)46-32-26(16-21-12-13-23(45-5)17-27(21)39-32)36(37,38)14-8-7-9-25-20-10-11-22(15-20)30(25)47-34(44)40-31(33(41)43)35(2,3)4;1-5-25-30(20-42)41-19-32(25)47-34-28(39-27-12-11-24(16-29(27)40-34)45-21-23-18-37-13-14-38-23)10-8-6-7-9-22-15-31(22)46-33(43)17-26(35(41)44)36(2,3)4;;;/h14-18,20,24,27-28,32-34H,5-13,19,21,23H2,1-4H3;12-13,16-17,20,22,24-25,28-31H,6-11,14-15,18H2,1-5H3,(H,40,44);11-14,16,18,22,25-26,30-32H,5-10,15,17,19,21H2,1-4H3;;;/q3*-1;;;/t24-,27+,28-,32-,33-,34+;20-,22+,24+,25-,28-,29+,30-,31-;22-,25+,26-,30-,31-,32+;;;/m111.../s1. The first-order valence-corrected chi connectivity index (χ1v) is 51.8. The molecule has 20 atom stereocenters. The summed E-state index contributed by atoms with van der Waals surface area (Å²) in [4.78, 5) is 166. The van der Waals surface area contributed by atoms with Crippen molar-refractivity contribution < 1.29 is 150 Å². The Bertz CT molecular complexity index is 5870. The van der Waals surface area contributed by atoms with Crippen LogP contribution in [0, 0.1) is 75.4 Å². The quantitative estimate of drug-likeness (QED) is 0.0636. The molecular weight excluding hydrogens is 1980 g/mol. The van der Waals surface area contributed by atoms with Crippen LogP contribution in [0.15, 0.2) is 97.8 Å². The predicted molar refractivity (Wildman–Crippen MR) is 526 cm³/mol. The van der Waals surface area contributed by atoms with E-state index in [1.54, 1.807) is 65.2 Å². The van der Waals surface area contributed by atoms with E-state index in [1.165, 1.54) is 18.1 Å². The van der Waals surface area contributed by atoms with Crippen molar-refractivity contribution in [3.63, 3.8) is 0 Å². The summed E-state index contributed by atoms with van der Waals surface area (Å²) in [7, 11) is 1.52. The molecule has 10 aliphatic rings. The molecule has 3 aromatic carbocycles. The summed E-state index contributed by atoms with van der Waals surface area (Å²) in [5, 5.41) is 3.38. The van der Waals surface area contributed by atoms with Crippen molar-refractivity contribution in [2.24, 2.45) is 75.4 Å². The number of halogens is 2. The Kier molecular flexibility index (Phi) is 38.4. The maximum Gasteiger partial charge on any atom is 0.408 e. The van der Waals surface area contributed by atoms with Gasteiger partial charge in [-0.2, -0.15) is 0 Å². The normalized spacial score (nSPS) is 28.3. The first kappa shape index (κ1) is 113. The molecule has 36 heteroatoms. The minimum Gasteiger partial charge on any atom is -0.540 e. The number of rotatable bonds is 13. The molecule has 146 heavy (non-hydrogen) atoms. The molecule has 3 radical (unpaired) electrons. The molecular formula is C110H138F2N13O18V3-3. The van der Waals surface area contributed by atoms with Gasteiger partial charge in [-0.05, 0) is 202 Å². The van der Waals surface area contributed by atoms with E-state index in [-0.39, 0.29) is 185 Å². The fourth-order valence-electron chi connectivity index (χ4n) is 23.1. The number of alkyl carbamates (subject to hydrolysis) is 1. The molecule has 7 fully saturated rings. The first-order chi connectivity index (χ1) is 68.6. The van der Waals surface area contributed by atoms with Crippen molar-refractivity contribution in [1.29, 1.82) is 0 Å². The number of benzene rings is 3. The zero-order valence-corrected chi connectivity index (χ0v) is 90.2. The molecule has 31 nitrogen and oxygen atoms in total. The van der Waals surface area contributed by atoms with Crippen LogP contribution in [-0.4, -0.2) is 202 Å². The molecule has 8 aromatic rings. The van der Waals surface area contributed by atoms with E-state index in [9.17, 15) is 43.2 Å². The minimum atomic E-state index is -3.25. The van der Waals surface area contributed by atoms with E-state index < -0.39 is 101 Å². The van der Waals surface area contributed by atoms with Gasteiger partial charge >= 0.3 is 18.0 Å². The zero-order chi connectivity index (χ0) is 101. The molecule has 4 amide bonds. The van der Waals surface area contributed by atoms with Crippen LogP contribution in [0.1, 0.15) is 266 Å². The number of methoxy groups -OCH3 is 1. The van der Waals surface area contributed by atoms with Crippen molar-refractivity contribution >= 4 is 87.6 Å². The maximum atomic E-state index is 16.2. The second kappa shape index (κ2) is 49.6. The van der Waals surface area contributed by atoms with Gasteiger partial charge in [-0.1, -0.05) is 153 Å². The number of alkyl halides is 2. The molecule has 11 heterocycles. The number of nitrogens with zero attached hydrogens (tertiary/aromatic N) is 12. The van der Waals surface area contributed by atoms with E-state index in [0.29, 0.717) is 125 Å². The summed E-state index contributed by atoms with van der Waals surface area (Å²) in [5.74, 6) is -3.63. The zero-order valence-electron chi connectivity index (χ0n) is 86.0. The summed E-state index contributed by atoms with van der Waals surface area (Å²) >= 11 is 0. The SMILES string of the molecule is CC[C@@H]1[C@@H]2CN(C(=O)[C@H](C(C)(C)C)CC(=O)O[C@@H]3CCC[C@H]3CCCCCc3nc4ccc(OCc5cnccn5)cc4nc3O2)[C@@H]1[C-]=O.CC[C@@H]1[C@@H]2CN(C(=O)[C@H](C(C)(C)C)CC(=O)O[C@@H]3C[C@H]3CCCCCc3nc4ccc(OCc5cnccn5)cc4nc3O2)[C@@H]1[C-]=O.CC[C@@H]1[C@@H]2CN(C(=O)[C@H](C(C)(C)C)NC(=O)O[C@@H]3[C@H]4CC[C@H](C4)[C@H]3CCCCC(F)(F)c3cc4ccc(OC)cc4nc3O2)[C@@H]1[C-]=O.[V].[V].[V]. The number of ether oxygens (including phenoxy) is 9. The van der Waals surface area contributed by atoms with Gasteiger partial charge in [0.25, 0.3) is 5.92 Å². The number of esters is 2. The van der Waals surface area contributed by atoms with E-state index in [1.807, 2.05) is 126 Å². The van der Waals surface area contributed by atoms with Crippen molar-refractivity contribution in [3.05, 3.63) is 126 Å². The van der Waals surface area contributed by atoms with Gasteiger partial charge in [-0.15, -0.1) is 0 Å². The van der Waals surface area contributed by atoms with Gasteiger partial charge in [0.05, 0.1) is 108 Å². The first-order valence-electron chi connectivity index (χ1n) is 51.8. The van der Waals surface area contributed by atoms with Gasteiger partial charge in [0.1, 0.15) is 84.5 Å². The number of aromatic nitrogens is 9. The monoisotopic (exact) mass is 2120 g/mol. The third kappa shape index (κ3) is 26.7. The predicted octanol–water partition coefficient (Wildman–Crippen LogP) is 17.7. The maximum absolute atomic E-state index is 16.2. The van der Waals surface area contributed by atoms with Crippen LogP contribution in [0.5, 0.6) is 34.9 Å². The van der Waals surface area contributed by atoms with Gasteiger partial charge in [0.15, 0.2) is 0 Å². The fraction of sp³-hybridized carbons (Fsp3) is 0.618. The summed E-state index contributed by atoms with van der Waals surface area (Å²) in [6.07, 6.45) is 31.8. The number of fused-ring (bicyclic) bond motifs is 19. The van der Waals surface area contributed by atoms with E-state index >= 15 is 8.78 Å². The molecule has 0 unspecified atom stereocenters. The van der Waals surface area contributed by atoms with Crippen molar-refractivity contribution in [3.8, 4) is 34.9 Å². The average molecular weight is 2120 g/mol. The van der Waals surface area contributed by atoms with Gasteiger partial charge in [-0.3, -0.25) is 43.9 Å². The Morgan fingerprint density at radius 3 is 1.40 bits per heavy atom. The second-order valence-electron chi connectivity index (χ2n) is 43.9. The van der Waals surface area contributed by atoms with E-state index in [4.69, 9.17) is 62.6 Å². The average Bonchev–Trinajstić information content (AvgIpc) is 1.27. The molecule has 4 aliphatic carbocycles. The molecule has 4 saturated carbocycles. The second-order valence-corrected chi connectivity index (χ2v) is 43.9. The smallest absolute Gasteiger partial charge is 0.408 e. The largest absolute Gasteiger partial charge is 0.540 e. The number of aryl methyl sites for hydroxylation is 2. The van der Waals surface area contributed by atoms with Gasteiger partial charge in [0, 0.05) is 110 Å². The van der Waals surface area contributed by atoms with Gasteiger partial charge in [0.2, 0.25) is 35.4 Å². The van der Waals surface area contributed by atoms with Crippen LogP contribution in [0.2, 0.25) is 0 Å². The number of pyridine rings is 1. The Morgan fingerprint density at radius 2 is 0.911 bits per heavy atom. The van der Waals surface area contributed by atoms with Crippen molar-refractivity contribution in [1.82, 2.24) is 64.9 Å². The Labute approximate surface area is 889 Å². The molecule has 18 rings (SSSR count). The Morgan fingerprint density at radius 1 is 0.445 bits per heavy atom. The number of amides is 4. The molecule has 783 valence electrons. The minimum absolute atomic E-state index is 0. The third-order valence-electron chi connectivity index (χ3n) is 31.3. The molecule has 8 bridgehead atoms. The van der Waals surface area contributed by atoms with Crippen LogP contribution in [0.3, 0.4) is 0 Å². The van der Waals surface area contributed by atoms with Crippen LogP contribution >= 0.6 is 0 Å². The molecule has 3 saturated heterocycles. The van der Waals surface area contributed by atoms with E-state index in [0.717, 1.165) is 119 Å². The Hall–Kier alpha value is -10.0. The van der Waals surface area contributed by atoms with Gasteiger partial charge < -0.3 is 77.0 Å². The van der Waals surface area contributed by atoms with Crippen molar-refractivity contribution in [2.45, 2.75) is 330 Å². The number of hydrogen-bond acceptors (Lipinski definition) is 27. The number of carbonyl (C=O) groups is 6. The van der Waals surface area contributed by atoms with Gasteiger partial charge in [-0.25, -0.2) is 57.4 Å². The summed E-state index contributed by atoms with van der Waals surface area (Å²) in [5.41, 5.74) is 3.94. The fourth-order valence-corrected chi connectivity index (χ4v) is 23.1. The van der Waals surface area contributed by atoms with Crippen LogP contribution < -0.4 is 33.7 Å². The Balaban J connectivity index is 0.000000181. The van der Waals surface area contributed by atoms with E-state index in [2.05, 4.69) is 42.8 Å². The summed E-state index contributed by atoms with van der Waals surface area (Å²) < 4.78 is 87.4. The summed E-state index contributed by atoms with van der Waals surface area (Å²) in [6, 6.07) is 14.1. The van der Waals surface area contributed by atoms with Crippen molar-refractivity contribution in [2.75, 3.05) is 26.7 Å². The number of nitrogens with one attached hydrogen (secondary N) is 1. The topological polar surface area (TPSA) is 374 Å². The van der Waals surface area contributed by atoms with Crippen LogP contribution in [0.25, 0.3) is 33.0 Å². The summed E-state index contributed by atoms with van der Waals surface area (Å²) in [6.45, 7) is 23.9. The molecule has 5 aromatic heterocycles.